The highest BCUT2D eigenvalue weighted by Crippen LogP contribution is 2.33. The molecule has 18 heavy (non-hydrogen) atoms. The molecule has 0 aliphatic rings. The maximum Gasteiger partial charge on any atom is 0.330 e. The smallest absolute Gasteiger partial charge is 0.330 e. The molecule has 0 fully saturated rings. The zero-order chi connectivity index (χ0) is 13.5. The van der Waals surface area contributed by atoms with Gasteiger partial charge in [-0.1, -0.05) is 0 Å². The molecule has 0 heterocycles. The van der Waals surface area contributed by atoms with Crippen molar-refractivity contribution in [3.63, 3.8) is 0 Å². The Morgan fingerprint density at radius 1 is 1.17 bits per heavy atom. The molecular formula is C13H14O5. The molecular weight excluding hydrogens is 236 g/mol. The molecule has 0 saturated carbocycles. The maximum atomic E-state index is 11.0. The Bertz CT molecular complexity index is 477. The van der Waals surface area contributed by atoms with Crippen LogP contribution in [-0.2, 0) is 9.53 Å². The lowest BCUT2D eigenvalue weighted by Crippen LogP contribution is -1.97. The molecule has 0 saturated heterocycles. The third-order valence-corrected chi connectivity index (χ3v) is 2.27. The molecule has 5 heteroatoms. The highest BCUT2D eigenvalue weighted by Gasteiger charge is 2.10. The van der Waals surface area contributed by atoms with Crippen LogP contribution in [0.1, 0.15) is 15.9 Å². The number of hydrogen-bond donors (Lipinski definition) is 0. The zero-order valence-electron chi connectivity index (χ0n) is 10.4. The third kappa shape index (κ3) is 3.10. The summed E-state index contributed by atoms with van der Waals surface area (Å²) in [5, 5.41) is 0. The van der Waals surface area contributed by atoms with Crippen molar-refractivity contribution < 1.29 is 23.8 Å². The van der Waals surface area contributed by atoms with Gasteiger partial charge in [0.1, 0.15) is 6.29 Å². The van der Waals surface area contributed by atoms with Crippen LogP contribution >= 0.6 is 0 Å². The van der Waals surface area contributed by atoms with Gasteiger partial charge in [-0.25, -0.2) is 4.79 Å². The Balaban J connectivity index is 3.26. The monoisotopic (exact) mass is 250 g/mol. The van der Waals surface area contributed by atoms with Gasteiger partial charge in [-0.05, 0) is 18.2 Å². The number of rotatable bonds is 5. The van der Waals surface area contributed by atoms with Gasteiger partial charge in [0, 0.05) is 17.2 Å². The summed E-state index contributed by atoms with van der Waals surface area (Å²) < 4.78 is 14.8. The fourth-order valence-electron chi connectivity index (χ4n) is 1.43. The first kappa shape index (κ1) is 13.8. The summed E-state index contributed by atoms with van der Waals surface area (Å²) in [5.74, 6) is 0.377. The molecule has 0 atom stereocenters. The van der Waals surface area contributed by atoms with E-state index in [1.807, 2.05) is 0 Å². The van der Waals surface area contributed by atoms with Crippen LogP contribution in [-0.4, -0.2) is 33.6 Å². The van der Waals surface area contributed by atoms with Gasteiger partial charge in [-0.3, -0.25) is 4.79 Å². The van der Waals surface area contributed by atoms with Gasteiger partial charge in [-0.2, -0.15) is 0 Å². The summed E-state index contributed by atoms with van der Waals surface area (Å²) in [6, 6.07) is 3.15. The zero-order valence-corrected chi connectivity index (χ0v) is 10.4. The van der Waals surface area contributed by atoms with Crippen LogP contribution in [0.25, 0.3) is 6.08 Å². The number of hydrogen-bond acceptors (Lipinski definition) is 5. The van der Waals surface area contributed by atoms with Gasteiger partial charge in [0.2, 0.25) is 0 Å². The fraction of sp³-hybridized carbons (Fsp3) is 0.231. The van der Waals surface area contributed by atoms with E-state index in [-0.39, 0.29) is 0 Å². The number of carbonyl (C=O) groups is 2. The van der Waals surface area contributed by atoms with E-state index in [1.165, 1.54) is 33.5 Å². The normalized spacial score (nSPS) is 10.2. The van der Waals surface area contributed by atoms with Gasteiger partial charge < -0.3 is 14.2 Å². The average Bonchev–Trinajstić information content (AvgIpc) is 2.43. The van der Waals surface area contributed by atoms with Crippen molar-refractivity contribution in [3.8, 4) is 11.5 Å². The minimum absolute atomic E-state index is 0.423. The van der Waals surface area contributed by atoms with Crippen LogP contribution in [0.2, 0.25) is 0 Å². The molecule has 0 unspecified atom stereocenters. The SMILES string of the molecule is COC(=O)C=Cc1cc(C=O)cc(OC)c1OC. The Kier molecular flexibility index (Phi) is 4.92. The highest BCUT2D eigenvalue weighted by atomic mass is 16.5. The first-order chi connectivity index (χ1) is 8.65. The van der Waals surface area contributed by atoms with Crippen LogP contribution in [0.5, 0.6) is 11.5 Å². The van der Waals surface area contributed by atoms with Crippen molar-refractivity contribution in [1.29, 1.82) is 0 Å². The number of esters is 1. The molecule has 0 N–H and O–H groups in total. The Morgan fingerprint density at radius 3 is 2.39 bits per heavy atom. The lowest BCUT2D eigenvalue weighted by atomic mass is 10.1. The summed E-state index contributed by atoms with van der Waals surface area (Å²) in [5.41, 5.74) is 0.988. The Morgan fingerprint density at radius 2 is 1.89 bits per heavy atom. The van der Waals surface area contributed by atoms with Crippen LogP contribution < -0.4 is 9.47 Å². The van der Waals surface area contributed by atoms with Gasteiger partial charge in [0.05, 0.1) is 21.3 Å². The van der Waals surface area contributed by atoms with E-state index in [1.54, 1.807) is 12.1 Å². The third-order valence-electron chi connectivity index (χ3n) is 2.27. The second-order valence-electron chi connectivity index (χ2n) is 3.32. The standard InChI is InChI=1S/C13H14O5/c1-16-11-7-9(8-14)6-10(13(11)18-3)4-5-12(15)17-2/h4-8H,1-3H3. The summed E-state index contributed by atoms with van der Waals surface area (Å²) in [6.07, 6.45) is 3.43. The molecule has 0 radical (unpaired) electrons. The summed E-state index contributed by atoms with van der Waals surface area (Å²) in [7, 11) is 4.24. The number of benzene rings is 1. The number of methoxy groups -OCH3 is 3. The Hall–Kier alpha value is -2.30. The minimum atomic E-state index is -0.493. The molecule has 0 aliphatic carbocycles. The van der Waals surface area contributed by atoms with E-state index < -0.39 is 5.97 Å². The molecule has 5 nitrogen and oxygen atoms in total. The van der Waals surface area contributed by atoms with E-state index in [0.29, 0.717) is 28.9 Å². The van der Waals surface area contributed by atoms with Crippen LogP contribution in [0, 0.1) is 0 Å². The molecule has 0 aliphatic heterocycles. The van der Waals surface area contributed by atoms with Gasteiger partial charge in [0.25, 0.3) is 0 Å². The quantitative estimate of drug-likeness (QED) is 0.452. The number of aldehydes is 1. The molecule has 0 amide bonds. The van der Waals surface area contributed by atoms with Crippen molar-refractivity contribution in [3.05, 3.63) is 29.3 Å². The van der Waals surface area contributed by atoms with E-state index in [4.69, 9.17) is 9.47 Å². The second kappa shape index (κ2) is 6.44. The van der Waals surface area contributed by atoms with E-state index in [9.17, 15) is 9.59 Å². The average molecular weight is 250 g/mol. The molecule has 1 rings (SSSR count). The molecule has 96 valence electrons. The highest BCUT2D eigenvalue weighted by molar-refractivity contribution is 5.88. The molecule has 1 aromatic rings. The van der Waals surface area contributed by atoms with Crippen LogP contribution in [0.3, 0.4) is 0 Å². The molecule has 1 aromatic carbocycles. The maximum absolute atomic E-state index is 11.0. The van der Waals surface area contributed by atoms with Gasteiger partial charge in [-0.15, -0.1) is 0 Å². The number of carbonyl (C=O) groups excluding carboxylic acids is 2. The van der Waals surface area contributed by atoms with E-state index in [2.05, 4.69) is 4.74 Å². The van der Waals surface area contributed by atoms with Crippen molar-refractivity contribution >= 4 is 18.3 Å². The van der Waals surface area contributed by atoms with Crippen molar-refractivity contribution in [1.82, 2.24) is 0 Å². The van der Waals surface area contributed by atoms with E-state index in [0.717, 1.165) is 0 Å². The Labute approximate surface area is 105 Å². The predicted molar refractivity (Wildman–Crippen MR) is 66.0 cm³/mol. The molecule has 0 aromatic heterocycles. The van der Waals surface area contributed by atoms with Crippen molar-refractivity contribution in [2.24, 2.45) is 0 Å². The summed E-state index contributed by atoms with van der Waals surface area (Å²) in [6.45, 7) is 0. The minimum Gasteiger partial charge on any atom is -0.493 e. The van der Waals surface area contributed by atoms with E-state index >= 15 is 0 Å². The molecule has 0 bridgehead atoms. The van der Waals surface area contributed by atoms with Gasteiger partial charge in [0.15, 0.2) is 11.5 Å². The van der Waals surface area contributed by atoms with Crippen molar-refractivity contribution in [2.45, 2.75) is 0 Å². The topological polar surface area (TPSA) is 61.8 Å². The lowest BCUT2D eigenvalue weighted by molar-refractivity contribution is -0.134. The number of ether oxygens (including phenoxy) is 3. The largest absolute Gasteiger partial charge is 0.493 e. The first-order valence-electron chi connectivity index (χ1n) is 5.13. The predicted octanol–water partition coefficient (Wildman–Crippen LogP) is 1.70. The summed E-state index contributed by atoms with van der Waals surface area (Å²) >= 11 is 0. The second-order valence-corrected chi connectivity index (χ2v) is 3.32. The molecule has 0 spiro atoms. The fourth-order valence-corrected chi connectivity index (χ4v) is 1.43. The van der Waals surface area contributed by atoms with Crippen LogP contribution in [0.15, 0.2) is 18.2 Å². The van der Waals surface area contributed by atoms with Gasteiger partial charge >= 0.3 is 5.97 Å². The van der Waals surface area contributed by atoms with Crippen LogP contribution in [0.4, 0.5) is 0 Å². The summed E-state index contributed by atoms with van der Waals surface area (Å²) in [4.78, 5) is 21.9. The first-order valence-corrected chi connectivity index (χ1v) is 5.13. The van der Waals surface area contributed by atoms with Crippen molar-refractivity contribution in [2.75, 3.05) is 21.3 Å². The lowest BCUT2D eigenvalue weighted by Gasteiger charge is -2.11.